The second-order valence-corrected chi connectivity index (χ2v) is 6.18. The van der Waals surface area contributed by atoms with E-state index in [0.29, 0.717) is 5.92 Å². The number of anilines is 1. The molecule has 0 aliphatic heterocycles. The van der Waals surface area contributed by atoms with Crippen molar-refractivity contribution in [3.05, 3.63) is 29.8 Å². The Balaban J connectivity index is 2.35. The van der Waals surface area contributed by atoms with Crippen molar-refractivity contribution in [3.8, 4) is 0 Å². The smallest absolute Gasteiger partial charge is 0.0346 e. The normalized spacial score (nSPS) is 12.9. The molecule has 2 N–H and O–H groups in total. The van der Waals surface area contributed by atoms with E-state index >= 15 is 0 Å². The molecule has 0 saturated carbocycles. The van der Waals surface area contributed by atoms with Crippen LogP contribution >= 0.6 is 0 Å². The van der Waals surface area contributed by atoms with Crippen LogP contribution < -0.4 is 5.73 Å². The molecule has 0 bridgehead atoms. The van der Waals surface area contributed by atoms with Gasteiger partial charge in [0.2, 0.25) is 0 Å². The predicted molar refractivity (Wildman–Crippen MR) is 71.9 cm³/mol. The number of nitrogens with two attached hydrogens (primary N) is 1. The molecule has 0 fully saturated rings. The molecule has 0 amide bonds. The van der Waals surface area contributed by atoms with Crippen molar-refractivity contribution in [2.75, 3.05) is 17.2 Å². The van der Waals surface area contributed by atoms with Gasteiger partial charge < -0.3 is 5.73 Å². The molecule has 3 heteroatoms. The van der Waals surface area contributed by atoms with Crippen molar-refractivity contribution < 1.29 is 4.21 Å². The van der Waals surface area contributed by atoms with Crippen LogP contribution in [0.25, 0.3) is 0 Å². The van der Waals surface area contributed by atoms with E-state index in [0.717, 1.165) is 35.6 Å². The third-order valence-corrected chi connectivity index (χ3v) is 3.93. The summed E-state index contributed by atoms with van der Waals surface area (Å²) in [5, 5.41) is 0. The first-order valence-electron chi connectivity index (χ1n) is 5.78. The van der Waals surface area contributed by atoms with Gasteiger partial charge >= 0.3 is 0 Å². The molecule has 1 atom stereocenters. The van der Waals surface area contributed by atoms with Crippen LogP contribution in [0, 0.1) is 5.92 Å². The first-order chi connectivity index (χ1) is 7.59. The largest absolute Gasteiger partial charge is 0.399 e. The summed E-state index contributed by atoms with van der Waals surface area (Å²) >= 11 is 0. The van der Waals surface area contributed by atoms with Crippen LogP contribution in [0.15, 0.2) is 24.3 Å². The van der Waals surface area contributed by atoms with Gasteiger partial charge in [0, 0.05) is 28.0 Å². The lowest BCUT2D eigenvalue weighted by molar-refractivity contribution is 0.619. The molecule has 1 aromatic carbocycles. The highest BCUT2D eigenvalue weighted by atomic mass is 32.2. The summed E-state index contributed by atoms with van der Waals surface area (Å²) < 4.78 is 11.7. The summed E-state index contributed by atoms with van der Waals surface area (Å²) in [5.74, 6) is 2.16. The molecule has 0 aliphatic carbocycles. The van der Waals surface area contributed by atoms with Gasteiger partial charge in [0.15, 0.2) is 0 Å². The second-order valence-electron chi connectivity index (χ2n) is 4.48. The summed E-state index contributed by atoms with van der Waals surface area (Å²) in [6, 6.07) is 7.80. The molecule has 1 unspecified atom stereocenters. The quantitative estimate of drug-likeness (QED) is 0.775. The Morgan fingerprint density at radius 3 is 2.56 bits per heavy atom. The Labute approximate surface area is 101 Å². The van der Waals surface area contributed by atoms with E-state index in [4.69, 9.17) is 5.73 Å². The molecule has 0 aliphatic rings. The lowest BCUT2D eigenvalue weighted by Crippen LogP contribution is -2.08. The van der Waals surface area contributed by atoms with Crippen LogP contribution in [0.2, 0.25) is 0 Å². The van der Waals surface area contributed by atoms with Gasteiger partial charge in [-0.2, -0.15) is 0 Å². The summed E-state index contributed by atoms with van der Waals surface area (Å²) in [6.45, 7) is 4.32. The van der Waals surface area contributed by atoms with E-state index in [-0.39, 0.29) is 0 Å². The summed E-state index contributed by atoms with van der Waals surface area (Å²) in [5.41, 5.74) is 7.75. The van der Waals surface area contributed by atoms with Crippen molar-refractivity contribution in [2.24, 2.45) is 5.92 Å². The highest BCUT2D eigenvalue weighted by molar-refractivity contribution is 7.84. The van der Waals surface area contributed by atoms with E-state index < -0.39 is 10.8 Å². The fourth-order valence-corrected chi connectivity index (χ4v) is 2.84. The fourth-order valence-electron chi connectivity index (χ4n) is 1.45. The summed E-state index contributed by atoms with van der Waals surface area (Å²) in [4.78, 5) is 0. The van der Waals surface area contributed by atoms with Crippen LogP contribution in [0.5, 0.6) is 0 Å². The van der Waals surface area contributed by atoms with E-state index in [1.165, 1.54) is 0 Å². The zero-order valence-electron chi connectivity index (χ0n) is 10.1. The number of hydrogen-bond donors (Lipinski definition) is 1. The maximum absolute atomic E-state index is 11.7. The summed E-state index contributed by atoms with van der Waals surface area (Å²) in [7, 11) is -0.705. The second kappa shape index (κ2) is 6.69. The standard InChI is InChI=1S/C13H21NOS/c1-11(2)7-9-16(15)10-8-12-5-3-4-6-13(12)14/h3-6,11H,7-10,14H2,1-2H3. The van der Waals surface area contributed by atoms with Gasteiger partial charge in [-0.1, -0.05) is 32.0 Å². The van der Waals surface area contributed by atoms with E-state index in [1.54, 1.807) is 0 Å². The van der Waals surface area contributed by atoms with Gasteiger partial charge in [-0.05, 0) is 30.4 Å². The van der Waals surface area contributed by atoms with Gasteiger partial charge in [-0.3, -0.25) is 4.21 Å². The van der Waals surface area contributed by atoms with Gasteiger partial charge in [0.05, 0.1) is 0 Å². The molecular formula is C13H21NOS. The average Bonchev–Trinajstić information content (AvgIpc) is 2.25. The molecule has 0 heterocycles. The van der Waals surface area contributed by atoms with Gasteiger partial charge in [0.25, 0.3) is 0 Å². The van der Waals surface area contributed by atoms with Gasteiger partial charge in [0.1, 0.15) is 0 Å². The van der Waals surface area contributed by atoms with Crippen molar-refractivity contribution in [3.63, 3.8) is 0 Å². The highest BCUT2D eigenvalue weighted by Gasteiger charge is 2.04. The fraction of sp³-hybridized carbons (Fsp3) is 0.538. The van der Waals surface area contributed by atoms with Crippen molar-refractivity contribution >= 4 is 16.5 Å². The Hall–Kier alpha value is -0.830. The summed E-state index contributed by atoms with van der Waals surface area (Å²) in [6.07, 6.45) is 1.86. The van der Waals surface area contributed by atoms with Crippen LogP contribution in [0.4, 0.5) is 5.69 Å². The minimum atomic E-state index is -0.705. The van der Waals surface area contributed by atoms with E-state index in [2.05, 4.69) is 13.8 Å². The molecule has 0 aromatic heterocycles. The van der Waals surface area contributed by atoms with Gasteiger partial charge in [-0.25, -0.2) is 0 Å². The molecule has 90 valence electrons. The number of rotatable bonds is 6. The number of aryl methyl sites for hydroxylation is 1. The Kier molecular flexibility index (Phi) is 5.53. The number of hydrogen-bond acceptors (Lipinski definition) is 2. The lowest BCUT2D eigenvalue weighted by Gasteiger charge is -2.06. The molecule has 0 spiro atoms. The van der Waals surface area contributed by atoms with Crippen LogP contribution in [0.3, 0.4) is 0 Å². The lowest BCUT2D eigenvalue weighted by atomic mass is 10.1. The monoisotopic (exact) mass is 239 g/mol. The minimum absolute atomic E-state index is 0.630. The molecule has 0 saturated heterocycles. The number of benzene rings is 1. The SMILES string of the molecule is CC(C)CCS(=O)CCc1ccccc1N. The van der Waals surface area contributed by atoms with E-state index in [1.807, 2.05) is 24.3 Å². The van der Waals surface area contributed by atoms with Crippen molar-refractivity contribution in [1.29, 1.82) is 0 Å². The first-order valence-corrected chi connectivity index (χ1v) is 7.26. The average molecular weight is 239 g/mol. The maximum atomic E-state index is 11.7. The Morgan fingerprint density at radius 1 is 1.25 bits per heavy atom. The maximum Gasteiger partial charge on any atom is 0.0346 e. The third kappa shape index (κ3) is 4.79. The highest BCUT2D eigenvalue weighted by Crippen LogP contribution is 2.12. The third-order valence-electron chi connectivity index (χ3n) is 2.58. The van der Waals surface area contributed by atoms with Gasteiger partial charge in [-0.15, -0.1) is 0 Å². The first kappa shape index (κ1) is 13.2. The Morgan fingerprint density at radius 2 is 1.94 bits per heavy atom. The molecule has 1 rings (SSSR count). The van der Waals surface area contributed by atoms with Crippen LogP contribution in [0.1, 0.15) is 25.8 Å². The minimum Gasteiger partial charge on any atom is -0.399 e. The van der Waals surface area contributed by atoms with Crippen LogP contribution in [-0.2, 0) is 17.2 Å². The molecule has 2 nitrogen and oxygen atoms in total. The van der Waals surface area contributed by atoms with Crippen molar-refractivity contribution in [2.45, 2.75) is 26.7 Å². The molecular weight excluding hydrogens is 218 g/mol. The van der Waals surface area contributed by atoms with Crippen LogP contribution in [-0.4, -0.2) is 15.7 Å². The predicted octanol–water partition coefficient (Wildman–Crippen LogP) is 2.61. The molecule has 0 radical (unpaired) electrons. The molecule has 1 aromatic rings. The molecule has 16 heavy (non-hydrogen) atoms. The zero-order chi connectivity index (χ0) is 12.0. The Bertz CT molecular complexity index is 350. The van der Waals surface area contributed by atoms with Crippen molar-refractivity contribution in [1.82, 2.24) is 0 Å². The zero-order valence-corrected chi connectivity index (χ0v) is 10.9. The topological polar surface area (TPSA) is 43.1 Å². The van der Waals surface area contributed by atoms with E-state index in [9.17, 15) is 4.21 Å². The number of nitrogen functional groups attached to an aromatic ring is 1. The number of para-hydroxylation sites is 1.